The Morgan fingerprint density at radius 1 is 1.50 bits per heavy atom. The van der Waals surface area contributed by atoms with E-state index in [1.807, 2.05) is 39.3 Å². The molecule has 2 rings (SSSR count). The standard InChI is InChI=1S/C13H22BrN3O3/c1-8-15-10(14)9(17(8)5)13(6-19-7-13)16-11(18)20-12(2,3)4/h11,16,18H,6-7H2,1-5H3. The minimum Gasteiger partial charge on any atom is -0.377 e. The summed E-state index contributed by atoms with van der Waals surface area (Å²) in [5.74, 6) is 0.895. The lowest BCUT2D eigenvalue weighted by molar-refractivity contribution is -0.217. The zero-order chi connectivity index (χ0) is 15.1. The third kappa shape index (κ3) is 3.07. The number of hydrogen-bond acceptors (Lipinski definition) is 5. The summed E-state index contributed by atoms with van der Waals surface area (Å²) in [5, 5.41) is 13.2. The van der Waals surface area contributed by atoms with Crippen LogP contribution in [0.1, 0.15) is 32.3 Å². The molecule has 0 spiro atoms. The maximum Gasteiger partial charge on any atom is 0.214 e. The molecular weight excluding hydrogens is 326 g/mol. The second kappa shape index (κ2) is 5.38. The van der Waals surface area contributed by atoms with Gasteiger partial charge < -0.3 is 19.1 Å². The monoisotopic (exact) mass is 347 g/mol. The van der Waals surface area contributed by atoms with Crippen molar-refractivity contribution in [3.05, 3.63) is 16.1 Å². The van der Waals surface area contributed by atoms with E-state index in [4.69, 9.17) is 9.47 Å². The van der Waals surface area contributed by atoms with E-state index in [-0.39, 0.29) is 0 Å². The molecule has 1 aromatic rings. The lowest BCUT2D eigenvalue weighted by Gasteiger charge is -2.44. The number of rotatable bonds is 4. The SMILES string of the molecule is Cc1nc(Br)c(C2(NC(O)OC(C)(C)C)COC2)n1C. The Balaban J connectivity index is 2.22. The lowest BCUT2D eigenvalue weighted by atomic mass is 9.93. The molecule has 0 amide bonds. The highest BCUT2D eigenvalue weighted by atomic mass is 79.9. The van der Waals surface area contributed by atoms with Crippen LogP contribution in [-0.2, 0) is 22.1 Å². The number of aryl methyl sites for hydroxylation is 1. The van der Waals surface area contributed by atoms with Crippen molar-refractivity contribution < 1.29 is 14.6 Å². The maximum absolute atomic E-state index is 10.1. The largest absolute Gasteiger partial charge is 0.377 e. The molecule has 0 aliphatic carbocycles. The minimum atomic E-state index is -1.07. The Morgan fingerprint density at radius 3 is 2.45 bits per heavy atom. The molecule has 0 bridgehead atoms. The van der Waals surface area contributed by atoms with Crippen molar-refractivity contribution in [1.82, 2.24) is 14.9 Å². The highest BCUT2D eigenvalue weighted by Crippen LogP contribution is 2.35. The second-order valence-electron chi connectivity index (χ2n) is 6.16. The Hall–Kier alpha value is -0.470. The van der Waals surface area contributed by atoms with Gasteiger partial charge in [0, 0.05) is 7.05 Å². The molecule has 1 aromatic heterocycles. The van der Waals surface area contributed by atoms with E-state index < -0.39 is 17.6 Å². The van der Waals surface area contributed by atoms with E-state index in [1.54, 1.807) is 0 Å². The average molecular weight is 348 g/mol. The minimum absolute atomic E-state index is 0.433. The van der Waals surface area contributed by atoms with Gasteiger partial charge in [-0.05, 0) is 43.6 Å². The van der Waals surface area contributed by atoms with Crippen molar-refractivity contribution >= 4 is 15.9 Å². The third-order valence-electron chi connectivity index (χ3n) is 3.29. The van der Waals surface area contributed by atoms with Gasteiger partial charge in [0.1, 0.15) is 16.0 Å². The van der Waals surface area contributed by atoms with Crippen molar-refractivity contribution in [3.63, 3.8) is 0 Å². The van der Waals surface area contributed by atoms with Crippen LogP contribution in [0, 0.1) is 6.92 Å². The number of imidazole rings is 1. The van der Waals surface area contributed by atoms with Crippen LogP contribution in [0.15, 0.2) is 4.60 Å². The molecular formula is C13H22BrN3O3. The quantitative estimate of drug-likeness (QED) is 0.805. The molecule has 1 aliphatic rings. The molecule has 1 saturated heterocycles. The van der Waals surface area contributed by atoms with Crippen LogP contribution in [-0.4, -0.2) is 39.9 Å². The topological polar surface area (TPSA) is 68.5 Å². The predicted molar refractivity (Wildman–Crippen MR) is 78.1 cm³/mol. The summed E-state index contributed by atoms with van der Waals surface area (Å²) >= 11 is 3.48. The number of ether oxygens (including phenoxy) is 2. The van der Waals surface area contributed by atoms with Crippen molar-refractivity contribution in [1.29, 1.82) is 0 Å². The molecule has 114 valence electrons. The van der Waals surface area contributed by atoms with Gasteiger partial charge in [-0.2, -0.15) is 0 Å². The van der Waals surface area contributed by atoms with E-state index in [2.05, 4.69) is 26.2 Å². The highest BCUT2D eigenvalue weighted by molar-refractivity contribution is 9.10. The fourth-order valence-corrected chi connectivity index (χ4v) is 3.19. The fourth-order valence-electron chi connectivity index (χ4n) is 2.28. The summed E-state index contributed by atoms with van der Waals surface area (Å²) in [7, 11) is 1.95. The first-order chi connectivity index (χ1) is 9.15. The van der Waals surface area contributed by atoms with Gasteiger partial charge in [-0.1, -0.05) is 0 Å². The van der Waals surface area contributed by atoms with Crippen molar-refractivity contribution in [2.24, 2.45) is 7.05 Å². The number of halogens is 1. The Kier molecular flexibility index (Phi) is 4.28. The summed E-state index contributed by atoms with van der Waals surface area (Å²) in [6.07, 6.45) is -1.07. The summed E-state index contributed by atoms with van der Waals surface area (Å²) in [4.78, 5) is 4.40. The first-order valence-corrected chi connectivity index (χ1v) is 7.34. The highest BCUT2D eigenvalue weighted by Gasteiger charge is 2.46. The van der Waals surface area contributed by atoms with E-state index in [1.165, 1.54) is 0 Å². The van der Waals surface area contributed by atoms with Gasteiger partial charge in [-0.25, -0.2) is 4.98 Å². The fraction of sp³-hybridized carbons (Fsp3) is 0.769. The molecule has 0 saturated carbocycles. The Labute approximate surface area is 127 Å². The van der Waals surface area contributed by atoms with Gasteiger partial charge in [-0.3, -0.25) is 5.32 Å². The van der Waals surface area contributed by atoms with Gasteiger partial charge in [-0.15, -0.1) is 0 Å². The zero-order valence-electron chi connectivity index (χ0n) is 12.5. The second-order valence-corrected chi connectivity index (χ2v) is 6.91. The van der Waals surface area contributed by atoms with Crippen LogP contribution in [0.2, 0.25) is 0 Å². The number of aliphatic hydroxyl groups is 1. The Morgan fingerprint density at radius 2 is 2.10 bits per heavy atom. The molecule has 20 heavy (non-hydrogen) atoms. The van der Waals surface area contributed by atoms with Crippen LogP contribution in [0.25, 0.3) is 0 Å². The van der Waals surface area contributed by atoms with E-state index in [0.29, 0.717) is 13.2 Å². The predicted octanol–water partition coefficient (Wildman–Crippen LogP) is 1.40. The number of hydrogen-bond donors (Lipinski definition) is 2. The number of nitrogens with zero attached hydrogens (tertiary/aromatic N) is 2. The van der Waals surface area contributed by atoms with Gasteiger partial charge in [0.2, 0.25) is 6.41 Å². The lowest BCUT2D eigenvalue weighted by Crippen LogP contribution is -2.62. The maximum atomic E-state index is 10.1. The number of nitrogens with one attached hydrogen (secondary N) is 1. The van der Waals surface area contributed by atoms with Crippen LogP contribution in [0.3, 0.4) is 0 Å². The van der Waals surface area contributed by atoms with Crippen molar-refractivity contribution in [3.8, 4) is 0 Å². The van der Waals surface area contributed by atoms with Crippen LogP contribution in [0.4, 0.5) is 0 Å². The van der Waals surface area contributed by atoms with E-state index in [9.17, 15) is 5.11 Å². The molecule has 1 unspecified atom stereocenters. The molecule has 2 heterocycles. The normalized spacial score (nSPS) is 19.8. The Bertz CT molecular complexity index is 492. The van der Waals surface area contributed by atoms with Gasteiger partial charge in [0.05, 0.1) is 24.5 Å². The molecule has 1 atom stereocenters. The van der Waals surface area contributed by atoms with Crippen LogP contribution < -0.4 is 5.32 Å². The van der Waals surface area contributed by atoms with Crippen molar-refractivity contribution in [2.45, 2.75) is 45.2 Å². The molecule has 0 radical (unpaired) electrons. The van der Waals surface area contributed by atoms with Gasteiger partial charge >= 0.3 is 0 Å². The molecule has 7 heteroatoms. The summed E-state index contributed by atoms with van der Waals surface area (Å²) in [6, 6.07) is 0. The summed E-state index contributed by atoms with van der Waals surface area (Å²) < 4.78 is 13.6. The van der Waals surface area contributed by atoms with Gasteiger partial charge in [0.25, 0.3) is 0 Å². The molecule has 0 aromatic carbocycles. The van der Waals surface area contributed by atoms with E-state index in [0.717, 1.165) is 16.1 Å². The number of aliphatic hydroxyl groups excluding tert-OH is 1. The van der Waals surface area contributed by atoms with Gasteiger partial charge in [0.15, 0.2) is 0 Å². The molecule has 2 N–H and O–H groups in total. The summed E-state index contributed by atoms with van der Waals surface area (Å²) in [6.45, 7) is 8.55. The van der Waals surface area contributed by atoms with Crippen LogP contribution >= 0.6 is 15.9 Å². The van der Waals surface area contributed by atoms with Crippen LogP contribution in [0.5, 0.6) is 0 Å². The average Bonchev–Trinajstić information content (AvgIpc) is 2.46. The first kappa shape index (κ1) is 15.9. The summed E-state index contributed by atoms with van der Waals surface area (Å²) in [5.41, 5.74) is 0.0370. The number of aromatic nitrogens is 2. The molecule has 6 nitrogen and oxygen atoms in total. The zero-order valence-corrected chi connectivity index (χ0v) is 14.1. The van der Waals surface area contributed by atoms with E-state index >= 15 is 0 Å². The molecule has 1 fully saturated rings. The smallest absolute Gasteiger partial charge is 0.214 e. The third-order valence-corrected chi connectivity index (χ3v) is 3.84. The molecule has 1 aliphatic heterocycles. The van der Waals surface area contributed by atoms with Crippen molar-refractivity contribution in [2.75, 3.05) is 13.2 Å². The first-order valence-electron chi connectivity index (χ1n) is 6.55.